The normalized spacial score (nSPS) is 17.8. The molecule has 0 aliphatic carbocycles. The summed E-state index contributed by atoms with van der Waals surface area (Å²) in [6.07, 6.45) is -0.808. The van der Waals surface area contributed by atoms with Gasteiger partial charge < -0.3 is 24.1 Å². The summed E-state index contributed by atoms with van der Waals surface area (Å²) in [6.45, 7) is 2.08. The van der Waals surface area contributed by atoms with Gasteiger partial charge >= 0.3 is 5.97 Å². The second kappa shape index (κ2) is 5.73. The molecule has 0 spiro atoms. The highest BCUT2D eigenvalue weighted by atomic mass is 16.7. The highest BCUT2D eigenvalue weighted by molar-refractivity contribution is 5.98. The number of hydrogen-bond acceptors (Lipinski definition) is 5. The van der Waals surface area contributed by atoms with Gasteiger partial charge in [0.15, 0.2) is 17.6 Å². The minimum Gasteiger partial charge on any atom is -0.495 e. The second-order valence-corrected chi connectivity index (χ2v) is 5.86. The fourth-order valence-corrected chi connectivity index (χ4v) is 3.11. The number of aliphatic carboxylic acids is 1. The van der Waals surface area contributed by atoms with Gasteiger partial charge in [0.1, 0.15) is 17.1 Å². The molecule has 0 radical (unpaired) electrons. The van der Waals surface area contributed by atoms with Crippen molar-refractivity contribution in [2.24, 2.45) is 0 Å². The van der Waals surface area contributed by atoms with E-state index in [4.69, 9.17) is 18.9 Å². The third kappa shape index (κ3) is 2.46. The molecule has 2 aromatic carbocycles. The molecule has 0 saturated heterocycles. The number of rotatable bonds is 3. The van der Waals surface area contributed by atoms with Crippen molar-refractivity contribution in [3.05, 3.63) is 58.7 Å². The number of ether oxygens (including phenoxy) is 4. The van der Waals surface area contributed by atoms with Crippen molar-refractivity contribution in [1.29, 1.82) is 0 Å². The van der Waals surface area contributed by atoms with Gasteiger partial charge in [-0.1, -0.05) is 17.7 Å². The van der Waals surface area contributed by atoms with Gasteiger partial charge in [0.2, 0.25) is 6.79 Å². The highest BCUT2D eigenvalue weighted by Crippen LogP contribution is 2.44. The minimum absolute atomic E-state index is 0.0551. The summed E-state index contributed by atoms with van der Waals surface area (Å²) in [4.78, 5) is 12.0. The number of methoxy groups -OCH3 is 1. The Balaban J connectivity index is 1.88. The van der Waals surface area contributed by atoms with Gasteiger partial charge in [0.25, 0.3) is 0 Å². The van der Waals surface area contributed by atoms with Gasteiger partial charge in [-0.2, -0.15) is 0 Å². The zero-order valence-electron chi connectivity index (χ0n) is 13.7. The Kier molecular flexibility index (Phi) is 3.53. The Morgan fingerprint density at radius 3 is 2.64 bits per heavy atom. The third-order valence-corrected chi connectivity index (χ3v) is 4.27. The van der Waals surface area contributed by atoms with Gasteiger partial charge in [-0.15, -0.1) is 0 Å². The first kappa shape index (κ1) is 15.4. The van der Waals surface area contributed by atoms with Gasteiger partial charge in [-0.3, -0.25) is 0 Å². The van der Waals surface area contributed by atoms with Crippen molar-refractivity contribution < 1.29 is 28.8 Å². The molecule has 6 heteroatoms. The molecular formula is C19H16O6. The molecule has 0 saturated carbocycles. The van der Waals surface area contributed by atoms with E-state index in [-0.39, 0.29) is 12.4 Å². The zero-order valence-corrected chi connectivity index (χ0v) is 13.7. The molecule has 2 aromatic rings. The standard InChI is InChI=1S/C19H16O6/c1-10-3-5-13-12(7-10)18(22-2)16(19(20)21)17(25-13)11-4-6-14-15(8-11)24-9-23-14/h3-8,17H,9H2,1-2H3,(H,20,21). The maximum Gasteiger partial charge on any atom is 0.339 e. The van der Waals surface area contributed by atoms with E-state index in [0.29, 0.717) is 34.1 Å². The van der Waals surface area contributed by atoms with E-state index in [2.05, 4.69) is 0 Å². The van der Waals surface area contributed by atoms with Crippen LogP contribution in [0.25, 0.3) is 5.76 Å². The molecule has 4 rings (SSSR count). The van der Waals surface area contributed by atoms with E-state index in [1.807, 2.05) is 25.1 Å². The Labute approximate surface area is 144 Å². The first-order valence-corrected chi connectivity index (χ1v) is 7.77. The fraction of sp³-hybridized carbons (Fsp3) is 0.211. The molecule has 25 heavy (non-hydrogen) atoms. The molecule has 2 aliphatic heterocycles. The predicted molar refractivity (Wildman–Crippen MR) is 88.7 cm³/mol. The third-order valence-electron chi connectivity index (χ3n) is 4.27. The SMILES string of the molecule is COC1=C(C(=O)O)C(c2ccc3c(c2)OCO3)Oc2ccc(C)cc21. The lowest BCUT2D eigenvalue weighted by molar-refractivity contribution is -0.133. The highest BCUT2D eigenvalue weighted by Gasteiger charge is 2.36. The van der Waals surface area contributed by atoms with E-state index in [1.54, 1.807) is 18.2 Å². The Morgan fingerprint density at radius 1 is 1.12 bits per heavy atom. The molecule has 0 fully saturated rings. The van der Waals surface area contributed by atoms with Crippen LogP contribution in [0.2, 0.25) is 0 Å². The Morgan fingerprint density at radius 2 is 1.88 bits per heavy atom. The molecule has 2 aliphatic rings. The van der Waals surface area contributed by atoms with Gasteiger partial charge in [0.05, 0.1) is 12.7 Å². The van der Waals surface area contributed by atoms with Crippen LogP contribution in [0.1, 0.15) is 22.8 Å². The maximum atomic E-state index is 12.0. The smallest absolute Gasteiger partial charge is 0.339 e. The molecule has 1 unspecified atom stereocenters. The monoisotopic (exact) mass is 340 g/mol. The van der Waals surface area contributed by atoms with Crippen LogP contribution < -0.4 is 14.2 Å². The van der Waals surface area contributed by atoms with E-state index < -0.39 is 12.1 Å². The van der Waals surface area contributed by atoms with Crippen molar-refractivity contribution in [2.75, 3.05) is 13.9 Å². The van der Waals surface area contributed by atoms with E-state index in [9.17, 15) is 9.90 Å². The summed E-state index contributed by atoms with van der Waals surface area (Å²) in [6, 6.07) is 10.8. The van der Waals surface area contributed by atoms with Crippen molar-refractivity contribution in [1.82, 2.24) is 0 Å². The molecular weight excluding hydrogens is 324 g/mol. The predicted octanol–water partition coefficient (Wildman–Crippen LogP) is 3.30. The van der Waals surface area contributed by atoms with E-state index in [0.717, 1.165) is 5.56 Å². The lowest BCUT2D eigenvalue weighted by atomic mass is 9.93. The quantitative estimate of drug-likeness (QED) is 0.924. The molecule has 128 valence electrons. The number of aryl methyl sites for hydroxylation is 1. The summed E-state index contributed by atoms with van der Waals surface area (Å²) < 4.78 is 22.2. The van der Waals surface area contributed by atoms with Gasteiger partial charge in [-0.05, 0) is 31.2 Å². The van der Waals surface area contributed by atoms with Crippen LogP contribution in [-0.2, 0) is 9.53 Å². The van der Waals surface area contributed by atoms with E-state index in [1.165, 1.54) is 7.11 Å². The molecule has 2 heterocycles. The van der Waals surface area contributed by atoms with Crippen LogP contribution in [0.15, 0.2) is 42.0 Å². The lowest BCUT2D eigenvalue weighted by Gasteiger charge is -2.29. The molecule has 6 nitrogen and oxygen atoms in total. The van der Waals surface area contributed by atoms with Gasteiger partial charge in [-0.25, -0.2) is 4.79 Å². The largest absolute Gasteiger partial charge is 0.495 e. The van der Waals surface area contributed by atoms with Crippen molar-refractivity contribution in [2.45, 2.75) is 13.0 Å². The number of hydrogen-bond donors (Lipinski definition) is 1. The topological polar surface area (TPSA) is 74.2 Å². The number of carboxylic acids is 1. The minimum atomic E-state index is -1.09. The van der Waals surface area contributed by atoms with Crippen LogP contribution in [-0.4, -0.2) is 25.0 Å². The van der Waals surface area contributed by atoms with Crippen molar-refractivity contribution in [3.63, 3.8) is 0 Å². The van der Waals surface area contributed by atoms with Crippen molar-refractivity contribution in [3.8, 4) is 17.2 Å². The average molecular weight is 340 g/mol. The van der Waals surface area contributed by atoms with Gasteiger partial charge in [0, 0.05) is 5.56 Å². The second-order valence-electron chi connectivity index (χ2n) is 5.86. The van der Waals surface area contributed by atoms with E-state index >= 15 is 0 Å². The van der Waals surface area contributed by atoms with Crippen LogP contribution in [0.5, 0.6) is 17.2 Å². The molecule has 0 amide bonds. The number of carboxylic acid groups (broad SMARTS) is 1. The molecule has 0 aromatic heterocycles. The van der Waals surface area contributed by atoms with Crippen LogP contribution >= 0.6 is 0 Å². The summed E-state index contributed by atoms with van der Waals surface area (Å²) in [7, 11) is 1.46. The summed E-state index contributed by atoms with van der Waals surface area (Å²) in [5, 5.41) is 9.79. The molecule has 1 atom stereocenters. The zero-order chi connectivity index (χ0) is 17.6. The Bertz CT molecular complexity index is 899. The first-order valence-electron chi connectivity index (χ1n) is 7.77. The maximum absolute atomic E-state index is 12.0. The summed E-state index contributed by atoms with van der Waals surface area (Å²) in [5.74, 6) is 0.991. The van der Waals surface area contributed by atoms with Crippen LogP contribution in [0, 0.1) is 6.92 Å². The number of fused-ring (bicyclic) bond motifs is 2. The fourth-order valence-electron chi connectivity index (χ4n) is 3.11. The van der Waals surface area contributed by atoms with Crippen LogP contribution in [0.3, 0.4) is 0 Å². The lowest BCUT2D eigenvalue weighted by Crippen LogP contribution is -2.23. The summed E-state index contributed by atoms with van der Waals surface area (Å²) >= 11 is 0. The number of benzene rings is 2. The average Bonchev–Trinajstić information content (AvgIpc) is 3.07. The van der Waals surface area contributed by atoms with Crippen LogP contribution in [0.4, 0.5) is 0 Å². The molecule has 1 N–H and O–H groups in total. The number of carbonyl (C=O) groups is 1. The van der Waals surface area contributed by atoms with Crippen molar-refractivity contribution >= 4 is 11.7 Å². The molecule has 0 bridgehead atoms. The Hall–Kier alpha value is -3.15. The summed E-state index contributed by atoms with van der Waals surface area (Å²) in [5.41, 5.74) is 2.34. The first-order chi connectivity index (χ1) is 12.1.